The number of carbonyl (C=O) groups is 2. The molecule has 1 unspecified atom stereocenters. The van der Waals surface area contributed by atoms with Crippen LogP contribution >= 0.6 is 0 Å². The molecule has 11 heteroatoms. The highest BCUT2D eigenvalue weighted by atomic mass is 32.2. The van der Waals surface area contributed by atoms with Crippen molar-refractivity contribution in [2.45, 2.75) is 18.2 Å². The molecule has 10 nitrogen and oxygen atoms in total. The molecular weight excluding hydrogens is 366 g/mol. The molecule has 0 aromatic heterocycles. The number of likely N-dealkylation sites (tertiary alicyclic amines) is 1. The Bertz CT molecular complexity index is 822. The molecule has 142 valence electrons. The van der Waals surface area contributed by atoms with Crippen molar-refractivity contribution < 1.29 is 28.0 Å². The Hall–Kier alpha value is -2.69. The number of sulfone groups is 1. The van der Waals surface area contributed by atoms with Crippen LogP contribution in [0.4, 0.5) is 10.5 Å². The monoisotopic (exact) mass is 385 g/mol. The van der Waals surface area contributed by atoms with Crippen molar-refractivity contribution in [3.05, 3.63) is 34.4 Å². The van der Waals surface area contributed by atoms with Crippen LogP contribution in [0.5, 0.6) is 0 Å². The van der Waals surface area contributed by atoms with Gasteiger partial charge in [0.05, 0.1) is 21.0 Å². The summed E-state index contributed by atoms with van der Waals surface area (Å²) in [5, 5.41) is 22.2. The maximum atomic E-state index is 12.2. The van der Waals surface area contributed by atoms with Crippen LogP contribution in [0.3, 0.4) is 0 Å². The predicted molar refractivity (Wildman–Crippen MR) is 90.5 cm³/mol. The van der Waals surface area contributed by atoms with E-state index in [0.717, 1.165) is 24.3 Å². The molecule has 1 fully saturated rings. The second-order valence-corrected chi connectivity index (χ2v) is 8.45. The van der Waals surface area contributed by atoms with Gasteiger partial charge in [-0.3, -0.25) is 14.9 Å². The van der Waals surface area contributed by atoms with Crippen LogP contribution in [0.15, 0.2) is 29.2 Å². The minimum Gasteiger partial charge on any atom is -0.481 e. The Balaban J connectivity index is 1.89. The van der Waals surface area contributed by atoms with Crippen molar-refractivity contribution in [2.75, 3.05) is 25.4 Å². The predicted octanol–water partition coefficient (Wildman–Crippen LogP) is 0.875. The fourth-order valence-electron chi connectivity index (χ4n) is 2.61. The first-order valence-corrected chi connectivity index (χ1v) is 9.44. The number of carboxylic acid groups (broad SMARTS) is 1. The van der Waals surface area contributed by atoms with Gasteiger partial charge in [0.1, 0.15) is 0 Å². The lowest BCUT2D eigenvalue weighted by Crippen LogP contribution is -2.42. The summed E-state index contributed by atoms with van der Waals surface area (Å²) in [6, 6.07) is 3.97. The molecule has 26 heavy (non-hydrogen) atoms. The third-order valence-corrected chi connectivity index (χ3v) is 6.06. The van der Waals surface area contributed by atoms with Crippen molar-refractivity contribution in [3.63, 3.8) is 0 Å². The number of aliphatic carboxylic acids is 1. The molecule has 1 aliphatic heterocycles. The molecule has 1 atom stereocenters. The minimum absolute atomic E-state index is 0.0588. The topological polar surface area (TPSA) is 147 Å². The van der Waals surface area contributed by atoms with Crippen LogP contribution in [0.1, 0.15) is 13.3 Å². The number of carbonyl (C=O) groups excluding carboxylic acids is 1. The van der Waals surface area contributed by atoms with E-state index in [1.165, 1.54) is 4.90 Å². The van der Waals surface area contributed by atoms with E-state index in [1.807, 2.05) is 0 Å². The van der Waals surface area contributed by atoms with E-state index in [0.29, 0.717) is 6.42 Å². The van der Waals surface area contributed by atoms with Gasteiger partial charge in [0.2, 0.25) is 0 Å². The quantitative estimate of drug-likeness (QED) is 0.545. The number of nitrogens with one attached hydrogen (secondary N) is 1. The zero-order chi connectivity index (χ0) is 19.5. The van der Waals surface area contributed by atoms with Crippen molar-refractivity contribution >= 4 is 27.5 Å². The smallest absolute Gasteiger partial charge is 0.317 e. The Labute approximate surface area is 149 Å². The number of carboxylic acids is 1. The Morgan fingerprint density at radius 1 is 1.35 bits per heavy atom. The first-order chi connectivity index (χ1) is 12.0. The van der Waals surface area contributed by atoms with E-state index in [9.17, 15) is 28.1 Å². The lowest BCUT2D eigenvalue weighted by molar-refractivity contribution is -0.384. The number of non-ortho nitro benzene ring substituents is 1. The number of urea groups is 1. The highest BCUT2D eigenvalue weighted by molar-refractivity contribution is 7.91. The van der Waals surface area contributed by atoms with E-state index in [4.69, 9.17) is 5.11 Å². The number of nitrogens with zero attached hydrogens (tertiary/aromatic N) is 2. The number of nitro groups is 1. The molecule has 1 heterocycles. The number of rotatable bonds is 6. The summed E-state index contributed by atoms with van der Waals surface area (Å²) in [5.41, 5.74) is -1.21. The summed E-state index contributed by atoms with van der Waals surface area (Å²) in [5.74, 6) is -1.35. The summed E-state index contributed by atoms with van der Waals surface area (Å²) in [6.45, 7) is 1.74. The highest BCUT2D eigenvalue weighted by Crippen LogP contribution is 2.29. The van der Waals surface area contributed by atoms with Crippen LogP contribution in [-0.4, -0.2) is 60.7 Å². The maximum Gasteiger partial charge on any atom is 0.317 e. The molecule has 0 aliphatic carbocycles. The summed E-state index contributed by atoms with van der Waals surface area (Å²) < 4.78 is 24.4. The van der Waals surface area contributed by atoms with Gasteiger partial charge in [0.15, 0.2) is 9.84 Å². The average molecular weight is 385 g/mol. The Morgan fingerprint density at radius 3 is 2.46 bits per heavy atom. The number of hydrogen-bond acceptors (Lipinski definition) is 6. The fourth-order valence-corrected chi connectivity index (χ4v) is 3.76. The molecule has 0 saturated carbocycles. The fraction of sp³-hybridized carbons (Fsp3) is 0.467. The van der Waals surface area contributed by atoms with E-state index in [2.05, 4.69) is 5.32 Å². The Morgan fingerprint density at radius 2 is 1.96 bits per heavy atom. The van der Waals surface area contributed by atoms with Crippen molar-refractivity contribution in [2.24, 2.45) is 5.41 Å². The van der Waals surface area contributed by atoms with E-state index in [1.54, 1.807) is 6.92 Å². The number of amides is 2. The number of benzene rings is 1. The molecule has 1 aliphatic rings. The van der Waals surface area contributed by atoms with Crippen LogP contribution < -0.4 is 5.32 Å². The van der Waals surface area contributed by atoms with E-state index >= 15 is 0 Å². The lowest BCUT2D eigenvalue weighted by atomic mass is 9.90. The lowest BCUT2D eigenvalue weighted by Gasteiger charge is -2.20. The molecule has 1 aromatic rings. The Kier molecular flexibility index (Phi) is 5.50. The second kappa shape index (κ2) is 7.28. The molecule has 2 N–H and O–H groups in total. The SMILES string of the molecule is CC1(C(=O)O)CCN(C(=O)NCCS(=O)(=O)c2ccc([N+](=O)[O-])cc2)C1. The van der Waals surface area contributed by atoms with Crippen LogP contribution in [0.25, 0.3) is 0 Å². The molecule has 0 radical (unpaired) electrons. The highest BCUT2D eigenvalue weighted by Gasteiger charge is 2.42. The van der Waals surface area contributed by atoms with Crippen molar-refractivity contribution in [1.82, 2.24) is 10.2 Å². The van der Waals surface area contributed by atoms with Crippen LogP contribution in [0.2, 0.25) is 0 Å². The zero-order valence-corrected chi connectivity index (χ0v) is 14.9. The summed E-state index contributed by atoms with van der Waals surface area (Å²) >= 11 is 0. The molecule has 2 rings (SSSR count). The first kappa shape index (κ1) is 19.6. The van der Waals surface area contributed by atoms with Gasteiger partial charge in [-0.2, -0.15) is 0 Å². The van der Waals surface area contributed by atoms with Gasteiger partial charge in [-0.25, -0.2) is 13.2 Å². The van der Waals surface area contributed by atoms with Crippen molar-refractivity contribution in [1.29, 1.82) is 0 Å². The summed E-state index contributed by atoms with van der Waals surface area (Å²) in [6.07, 6.45) is 0.330. The second-order valence-electron chi connectivity index (χ2n) is 6.34. The van der Waals surface area contributed by atoms with E-state index in [-0.39, 0.29) is 36.0 Å². The molecule has 2 amide bonds. The van der Waals surface area contributed by atoms with Crippen LogP contribution in [0, 0.1) is 15.5 Å². The molecule has 1 saturated heterocycles. The van der Waals surface area contributed by atoms with Gasteiger partial charge in [-0.15, -0.1) is 0 Å². The van der Waals surface area contributed by atoms with Gasteiger partial charge >= 0.3 is 12.0 Å². The normalized spacial score (nSPS) is 20.0. The standard InChI is InChI=1S/C15H19N3O7S/c1-15(13(19)20)6-8-17(10-15)14(21)16-7-9-26(24,25)12-4-2-11(3-5-12)18(22)23/h2-5H,6-10H2,1H3,(H,16,21)(H,19,20). The molecule has 0 bridgehead atoms. The summed E-state index contributed by atoms with van der Waals surface area (Å²) in [4.78, 5) is 34.5. The summed E-state index contributed by atoms with van der Waals surface area (Å²) in [7, 11) is -3.71. The maximum absolute atomic E-state index is 12.2. The van der Waals surface area contributed by atoms with Gasteiger partial charge < -0.3 is 15.3 Å². The number of nitro benzene ring substituents is 1. The van der Waals surface area contributed by atoms with Crippen LogP contribution in [-0.2, 0) is 14.6 Å². The first-order valence-electron chi connectivity index (χ1n) is 7.78. The van der Waals surface area contributed by atoms with Gasteiger partial charge in [0.25, 0.3) is 5.69 Å². The molecule has 0 spiro atoms. The molecular formula is C15H19N3O7S. The van der Waals surface area contributed by atoms with Crippen molar-refractivity contribution in [3.8, 4) is 0 Å². The van der Waals surface area contributed by atoms with Gasteiger partial charge in [-0.1, -0.05) is 0 Å². The third-order valence-electron chi connectivity index (χ3n) is 4.33. The zero-order valence-electron chi connectivity index (χ0n) is 14.0. The van der Waals surface area contributed by atoms with E-state index < -0.39 is 32.2 Å². The average Bonchev–Trinajstić information content (AvgIpc) is 2.98. The third kappa shape index (κ3) is 4.28. The minimum atomic E-state index is -3.71. The van der Waals surface area contributed by atoms with Gasteiger partial charge in [-0.05, 0) is 25.5 Å². The largest absolute Gasteiger partial charge is 0.481 e. The van der Waals surface area contributed by atoms with Gasteiger partial charge in [0, 0.05) is 31.8 Å². The molecule has 1 aromatic carbocycles. The number of hydrogen-bond donors (Lipinski definition) is 2.